The average Bonchev–Trinajstić information content (AvgIpc) is 3.22. The number of nitrogens with zero attached hydrogens (tertiary/aromatic N) is 2. The van der Waals surface area contributed by atoms with Crippen molar-refractivity contribution in [1.82, 2.24) is 0 Å². The molecule has 4 nitrogen and oxygen atoms in total. The molecule has 0 N–H and O–H groups in total. The fourth-order valence-electron chi connectivity index (χ4n) is 4.35. The van der Waals surface area contributed by atoms with Gasteiger partial charge in [0.2, 0.25) is 0 Å². The van der Waals surface area contributed by atoms with E-state index < -0.39 is 0 Å². The number of fused-ring (bicyclic) bond motifs is 5. The molecule has 1 aliphatic rings. The molecule has 0 spiro atoms. The topological polar surface area (TPSA) is 28.9 Å². The Morgan fingerprint density at radius 2 is 1.70 bits per heavy atom. The second-order valence-corrected chi connectivity index (χ2v) is 6.87. The maximum Gasteiger partial charge on any atom is 0.160 e. The van der Waals surface area contributed by atoms with E-state index in [1.165, 1.54) is 0 Å². The Kier molecular flexibility index (Phi) is 3.54. The van der Waals surface area contributed by atoms with E-state index in [2.05, 4.69) is 60.0 Å². The van der Waals surface area contributed by atoms with Gasteiger partial charge in [-0.1, -0.05) is 30.3 Å². The van der Waals surface area contributed by atoms with Crippen molar-refractivity contribution in [3.63, 3.8) is 0 Å². The number of anilines is 3. The Morgan fingerprint density at radius 1 is 0.926 bits per heavy atom. The average molecular weight is 358 g/mol. The van der Waals surface area contributed by atoms with Crippen LogP contribution < -0.4 is 14.5 Å². The highest BCUT2D eigenvalue weighted by molar-refractivity contribution is 6.13. The summed E-state index contributed by atoms with van der Waals surface area (Å²) in [6.07, 6.45) is 0.167. The number of hydrogen-bond donors (Lipinski definition) is 0. The van der Waals surface area contributed by atoms with Crippen LogP contribution in [0.5, 0.6) is 5.75 Å². The van der Waals surface area contributed by atoms with Crippen molar-refractivity contribution in [3.05, 3.63) is 60.7 Å². The van der Waals surface area contributed by atoms with E-state index in [0.717, 1.165) is 51.3 Å². The number of ether oxygens (including phenoxy) is 1. The minimum Gasteiger partial charge on any atom is -0.495 e. The summed E-state index contributed by atoms with van der Waals surface area (Å²) in [6.45, 7) is 5.31. The number of methoxy groups -OCH3 is 1. The van der Waals surface area contributed by atoms with Gasteiger partial charge in [-0.25, -0.2) is 0 Å². The SMILES string of the molecule is CCN1c2c(ccc3c2oc2ccccc23)N(c2ccccc2OC)[C@H]1C. The molecule has 5 rings (SSSR count). The van der Waals surface area contributed by atoms with Crippen LogP contribution in [0.4, 0.5) is 17.1 Å². The van der Waals surface area contributed by atoms with E-state index in [0.29, 0.717) is 0 Å². The molecular formula is C23H22N2O2. The van der Waals surface area contributed by atoms with Gasteiger partial charge in [-0.2, -0.15) is 0 Å². The van der Waals surface area contributed by atoms with E-state index in [-0.39, 0.29) is 6.17 Å². The van der Waals surface area contributed by atoms with E-state index in [9.17, 15) is 0 Å². The van der Waals surface area contributed by atoms with Gasteiger partial charge in [0.05, 0.1) is 18.5 Å². The van der Waals surface area contributed by atoms with Crippen LogP contribution in [0.3, 0.4) is 0 Å². The zero-order valence-corrected chi connectivity index (χ0v) is 15.8. The van der Waals surface area contributed by atoms with E-state index in [1.807, 2.05) is 24.3 Å². The van der Waals surface area contributed by atoms with Crippen LogP contribution in [0.2, 0.25) is 0 Å². The van der Waals surface area contributed by atoms with Crippen molar-refractivity contribution in [2.45, 2.75) is 20.0 Å². The Balaban J connectivity index is 1.81. The lowest BCUT2D eigenvalue weighted by molar-refractivity contribution is 0.414. The zero-order chi connectivity index (χ0) is 18.5. The molecule has 0 bridgehead atoms. The third-order valence-corrected chi connectivity index (χ3v) is 5.56. The normalized spacial score (nSPS) is 16.3. The Morgan fingerprint density at radius 3 is 2.52 bits per heavy atom. The van der Waals surface area contributed by atoms with Gasteiger partial charge in [-0.05, 0) is 44.2 Å². The lowest BCUT2D eigenvalue weighted by Crippen LogP contribution is -2.38. The lowest BCUT2D eigenvalue weighted by Gasteiger charge is -2.30. The molecule has 4 heteroatoms. The van der Waals surface area contributed by atoms with Crippen LogP contribution in [-0.2, 0) is 0 Å². The quantitative estimate of drug-likeness (QED) is 0.455. The van der Waals surface area contributed by atoms with Crippen molar-refractivity contribution >= 4 is 39.0 Å². The van der Waals surface area contributed by atoms with Gasteiger partial charge < -0.3 is 19.0 Å². The summed E-state index contributed by atoms with van der Waals surface area (Å²) in [5.74, 6) is 0.873. The van der Waals surface area contributed by atoms with Crippen LogP contribution in [0.25, 0.3) is 21.9 Å². The molecule has 0 saturated heterocycles. The molecular weight excluding hydrogens is 336 g/mol. The molecule has 3 aromatic carbocycles. The first-order valence-electron chi connectivity index (χ1n) is 9.37. The summed E-state index contributed by atoms with van der Waals surface area (Å²) >= 11 is 0. The summed E-state index contributed by atoms with van der Waals surface area (Å²) < 4.78 is 12.0. The molecule has 0 fully saturated rings. The molecule has 0 unspecified atom stereocenters. The molecule has 1 aliphatic heterocycles. The number of hydrogen-bond acceptors (Lipinski definition) is 4. The third kappa shape index (κ3) is 2.16. The number of para-hydroxylation sites is 3. The van der Waals surface area contributed by atoms with Crippen molar-refractivity contribution in [2.75, 3.05) is 23.5 Å². The highest BCUT2D eigenvalue weighted by Crippen LogP contribution is 2.51. The molecule has 1 atom stereocenters. The van der Waals surface area contributed by atoms with Crippen molar-refractivity contribution < 1.29 is 9.15 Å². The molecule has 136 valence electrons. The summed E-state index contributed by atoms with van der Waals surface area (Å²) in [5.41, 5.74) is 5.27. The fourth-order valence-corrected chi connectivity index (χ4v) is 4.35. The molecule has 1 aromatic heterocycles. The maximum atomic E-state index is 6.32. The second-order valence-electron chi connectivity index (χ2n) is 6.87. The van der Waals surface area contributed by atoms with Gasteiger partial charge in [-0.15, -0.1) is 0 Å². The number of rotatable bonds is 3. The van der Waals surface area contributed by atoms with Gasteiger partial charge in [0.15, 0.2) is 5.58 Å². The molecule has 0 amide bonds. The lowest BCUT2D eigenvalue weighted by atomic mass is 10.1. The van der Waals surface area contributed by atoms with Crippen LogP contribution in [0, 0.1) is 0 Å². The molecule has 27 heavy (non-hydrogen) atoms. The smallest absolute Gasteiger partial charge is 0.160 e. The van der Waals surface area contributed by atoms with Crippen LogP contribution in [0.1, 0.15) is 13.8 Å². The largest absolute Gasteiger partial charge is 0.495 e. The van der Waals surface area contributed by atoms with Crippen molar-refractivity contribution in [2.24, 2.45) is 0 Å². The Hall–Kier alpha value is -3.14. The zero-order valence-electron chi connectivity index (χ0n) is 15.8. The van der Waals surface area contributed by atoms with Gasteiger partial charge in [0.25, 0.3) is 0 Å². The van der Waals surface area contributed by atoms with E-state index in [1.54, 1.807) is 7.11 Å². The first-order valence-corrected chi connectivity index (χ1v) is 9.37. The molecule has 4 aromatic rings. The van der Waals surface area contributed by atoms with Crippen LogP contribution in [-0.4, -0.2) is 19.8 Å². The van der Waals surface area contributed by atoms with Crippen molar-refractivity contribution in [1.29, 1.82) is 0 Å². The first kappa shape index (κ1) is 16.1. The summed E-state index contributed by atoms with van der Waals surface area (Å²) in [4.78, 5) is 4.73. The van der Waals surface area contributed by atoms with E-state index in [4.69, 9.17) is 9.15 Å². The van der Waals surface area contributed by atoms with Gasteiger partial charge >= 0.3 is 0 Å². The Labute approximate surface area is 158 Å². The maximum absolute atomic E-state index is 6.32. The summed E-state index contributed by atoms with van der Waals surface area (Å²) in [6, 6.07) is 20.8. The standard InChI is InChI=1S/C23H22N2O2/c1-4-24-15(2)25(18-10-6-8-12-21(18)26-3)19-14-13-17-16-9-5-7-11-20(16)27-23(17)22(19)24/h5-15H,4H2,1-3H3/t15-/m0/s1. The fraction of sp³-hybridized carbons (Fsp3) is 0.217. The first-order chi connectivity index (χ1) is 13.2. The summed E-state index contributed by atoms with van der Waals surface area (Å²) in [7, 11) is 1.72. The molecule has 0 saturated carbocycles. The number of benzene rings is 3. The molecule has 0 radical (unpaired) electrons. The highest BCUT2D eigenvalue weighted by atomic mass is 16.5. The predicted octanol–water partition coefficient (Wildman–Crippen LogP) is 5.92. The number of furan rings is 1. The summed E-state index contributed by atoms with van der Waals surface area (Å²) in [5, 5.41) is 2.33. The monoisotopic (exact) mass is 358 g/mol. The minimum atomic E-state index is 0.167. The van der Waals surface area contributed by atoms with Crippen molar-refractivity contribution in [3.8, 4) is 5.75 Å². The van der Waals surface area contributed by atoms with E-state index >= 15 is 0 Å². The third-order valence-electron chi connectivity index (χ3n) is 5.56. The van der Waals surface area contributed by atoms with Crippen LogP contribution >= 0.6 is 0 Å². The van der Waals surface area contributed by atoms with Gasteiger partial charge in [0.1, 0.15) is 23.2 Å². The van der Waals surface area contributed by atoms with Gasteiger partial charge in [0, 0.05) is 17.3 Å². The highest BCUT2D eigenvalue weighted by Gasteiger charge is 2.37. The predicted molar refractivity (Wildman–Crippen MR) is 111 cm³/mol. The van der Waals surface area contributed by atoms with Gasteiger partial charge in [-0.3, -0.25) is 0 Å². The molecule has 0 aliphatic carbocycles. The molecule has 2 heterocycles. The Bertz CT molecular complexity index is 1150. The minimum absolute atomic E-state index is 0.167. The second kappa shape index (κ2) is 5.95. The van der Waals surface area contributed by atoms with Crippen LogP contribution in [0.15, 0.2) is 65.1 Å².